The summed E-state index contributed by atoms with van der Waals surface area (Å²) in [6.07, 6.45) is 2.64. The van der Waals surface area contributed by atoms with Crippen LogP contribution in [0.25, 0.3) is 0 Å². The minimum atomic E-state index is 0. The van der Waals surface area contributed by atoms with Gasteiger partial charge in [-0.15, -0.1) is 24.0 Å². The number of anilines is 1. The summed E-state index contributed by atoms with van der Waals surface area (Å²) >= 11 is 6.19. The average molecular weight is 563 g/mol. The van der Waals surface area contributed by atoms with E-state index in [0.29, 0.717) is 17.0 Å². The number of aliphatic imine (C=N–C) groups is 1. The number of guanidine groups is 1. The van der Waals surface area contributed by atoms with Crippen molar-refractivity contribution < 1.29 is 9.26 Å². The molecule has 1 aromatic carbocycles. The smallest absolute Gasteiger partial charge is 0.226 e. The van der Waals surface area contributed by atoms with Crippen LogP contribution in [0.1, 0.15) is 44.3 Å². The second kappa shape index (κ2) is 12.3. The summed E-state index contributed by atoms with van der Waals surface area (Å²) in [6.45, 7) is 6.67. The molecule has 2 heterocycles. The molecule has 0 saturated carbocycles. The summed E-state index contributed by atoms with van der Waals surface area (Å²) in [5, 5.41) is 11.6. The molecule has 2 N–H and O–H groups in total. The fourth-order valence-electron chi connectivity index (χ4n) is 3.45. The molecule has 0 radical (unpaired) electrons. The van der Waals surface area contributed by atoms with Crippen molar-refractivity contribution in [2.75, 3.05) is 38.7 Å². The van der Waals surface area contributed by atoms with Gasteiger partial charge in [0.25, 0.3) is 0 Å². The van der Waals surface area contributed by atoms with Gasteiger partial charge in [0.05, 0.1) is 12.8 Å². The third-order valence-corrected chi connectivity index (χ3v) is 5.33. The number of benzene rings is 1. The largest absolute Gasteiger partial charge is 0.495 e. The summed E-state index contributed by atoms with van der Waals surface area (Å²) in [4.78, 5) is 11.0. The number of methoxy groups -OCH3 is 1. The van der Waals surface area contributed by atoms with Crippen LogP contribution in [-0.4, -0.2) is 55.9 Å². The lowest BCUT2D eigenvalue weighted by atomic mass is 10.2. The summed E-state index contributed by atoms with van der Waals surface area (Å²) in [6, 6.07) is 6.01. The Morgan fingerprint density at radius 2 is 2.23 bits per heavy atom. The number of rotatable bonds is 8. The van der Waals surface area contributed by atoms with Gasteiger partial charge in [-0.3, -0.25) is 4.99 Å². The van der Waals surface area contributed by atoms with Crippen LogP contribution in [0.15, 0.2) is 27.7 Å². The molecular weight excluding hydrogens is 531 g/mol. The fraction of sp³-hybridized carbons (Fsp3) is 0.571. The number of aromatic nitrogens is 2. The first-order chi connectivity index (χ1) is 14.5. The highest BCUT2D eigenvalue weighted by molar-refractivity contribution is 14.0. The molecule has 2 aromatic rings. The van der Waals surface area contributed by atoms with Crippen molar-refractivity contribution >= 4 is 47.2 Å². The number of hydrogen-bond donors (Lipinski definition) is 2. The third kappa shape index (κ3) is 7.13. The fourth-order valence-corrected chi connectivity index (χ4v) is 3.61. The quantitative estimate of drug-likeness (QED) is 0.219. The highest BCUT2D eigenvalue weighted by Gasteiger charge is 2.25. The maximum atomic E-state index is 6.19. The predicted molar refractivity (Wildman–Crippen MR) is 135 cm³/mol. The van der Waals surface area contributed by atoms with Crippen LogP contribution >= 0.6 is 35.6 Å². The number of hydrogen-bond acceptors (Lipinski definition) is 6. The van der Waals surface area contributed by atoms with E-state index < -0.39 is 0 Å². The van der Waals surface area contributed by atoms with E-state index in [0.717, 1.165) is 62.1 Å². The van der Waals surface area contributed by atoms with Crippen LogP contribution in [0.2, 0.25) is 5.02 Å². The molecule has 3 rings (SSSR count). The molecule has 10 heteroatoms. The number of halogens is 2. The topological polar surface area (TPSA) is 87.8 Å². The molecule has 1 fully saturated rings. The van der Waals surface area contributed by atoms with E-state index in [9.17, 15) is 0 Å². The van der Waals surface area contributed by atoms with Gasteiger partial charge < -0.3 is 24.8 Å². The van der Waals surface area contributed by atoms with Crippen LogP contribution in [-0.2, 0) is 6.42 Å². The van der Waals surface area contributed by atoms with Gasteiger partial charge >= 0.3 is 0 Å². The Kier molecular flexibility index (Phi) is 10.1. The van der Waals surface area contributed by atoms with E-state index in [4.69, 9.17) is 20.9 Å². The Labute approximate surface area is 206 Å². The predicted octanol–water partition coefficient (Wildman–Crippen LogP) is 3.85. The SMILES string of the molecule is CN=C(NCCCc1nc(C(C)C)no1)NC1CCN(c2cc(Cl)ccc2OC)C1.I. The van der Waals surface area contributed by atoms with Crippen molar-refractivity contribution in [2.24, 2.45) is 4.99 Å². The van der Waals surface area contributed by atoms with Gasteiger partial charge in [-0.2, -0.15) is 4.98 Å². The number of aryl methyl sites for hydroxylation is 1. The second-order valence-corrected chi connectivity index (χ2v) is 8.13. The highest BCUT2D eigenvalue weighted by Crippen LogP contribution is 2.33. The van der Waals surface area contributed by atoms with E-state index in [1.165, 1.54) is 0 Å². The normalized spacial score (nSPS) is 16.4. The second-order valence-electron chi connectivity index (χ2n) is 7.70. The van der Waals surface area contributed by atoms with E-state index in [-0.39, 0.29) is 29.9 Å². The van der Waals surface area contributed by atoms with Crippen molar-refractivity contribution in [3.8, 4) is 5.75 Å². The van der Waals surface area contributed by atoms with E-state index in [2.05, 4.69) is 44.5 Å². The minimum absolute atomic E-state index is 0. The molecular formula is C21H32ClIN6O2. The lowest BCUT2D eigenvalue weighted by molar-refractivity contribution is 0.368. The zero-order chi connectivity index (χ0) is 21.5. The maximum Gasteiger partial charge on any atom is 0.226 e. The Balaban J connectivity index is 0.00000341. The van der Waals surface area contributed by atoms with Crippen LogP contribution in [0.3, 0.4) is 0 Å². The highest BCUT2D eigenvalue weighted by atomic mass is 127. The van der Waals surface area contributed by atoms with Gasteiger partial charge in [-0.25, -0.2) is 0 Å². The summed E-state index contributed by atoms with van der Waals surface area (Å²) in [5.74, 6) is 3.36. The van der Waals surface area contributed by atoms with Crippen molar-refractivity contribution in [2.45, 2.75) is 45.1 Å². The monoisotopic (exact) mass is 562 g/mol. The molecule has 0 bridgehead atoms. The molecule has 1 saturated heterocycles. The van der Waals surface area contributed by atoms with E-state index >= 15 is 0 Å². The lowest BCUT2D eigenvalue weighted by Crippen LogP contribution is -2.44. The van der Waals surface area contributed by atoms with Crippen LogP contribution in [0, 0.1) is 0 Å². The molecule has 31 heavy (non-hydrogen) atoms. The Bertz CT molecular complexity index is 860. The van der Waals surface area contributed by atoms with Gasteiger partial charge in [0.15, 0.2) is 11.8 Å². The van der Waals surface area contributed by atoms with Crippen LogP contribution < -0.4 is 20.3 Å². The van der Waals surface area contributed by atoms with Crippen molar-refractivity contribution in [3.63, 3.8) is 0 Å². The third-order valence-electron chi connectivity index (χ3n) is 5.09. The Morgan fingerprint density at radius 1 is 1.42 bits per heavy atom. The first-order valence-electron chi connectivity index (χ1n) is 10.4. The molecule has 1 unspecified atom stereocenters. The molecule has 0 spiro atoms. The molecule has 172 valence electrons. The zero-order valence-corrected chi connectivity index (χ0v) is 21.6. The lowest BCUT2D eigenvalue weighted by Gasteiger charge is -2.22. The molecule has 1 aromatic heterocycles. The zero-order valence-electron chi connectivity index (χ0n) is 18.5. The van der Waals surface area contributed by atoms with E-state index in [1.807, 2.05) is 18.2 Å². The molecule has 8 nitrogen and oxygen atoms in total. The first kappa shape index (κ1) is 25.5. The molecule has 1 aliphatic rings. The molecule has 0 amide bonds. The minimum Gasteiger partial charge on any atom is -0.495 e. The van der Waals surface area contributed by atoms with Crippen LogP contribution in [0.5, 0.6) is 5.75 Å². The van der Waals surface area contributed by atoms with E-state index in [1.54, 1.807) is 14.2 Å². The van der Waals surface area contributed by atoms with Gasteiger partial charge in [0.1, 0.15) is 5.75 Å². The average Bonchev–Trinajstić information content (AvgIpc) is 3.40. The summed E-state index contributed by atoms with van der Waals surface area (Å²) < 4.78 is 10.8. The van der Waals surface area contributed by atoms with Gasteiger partial charge in [-0.05, 0) is 31.0 Å². The van der Waals surface area contributed by atoms with Crippen LogP contribution in [0.4, 0.5) is 5.69 Å². The van der Waals surface area contributed by atoms with Crippen molar-refractivity contribution in [1.29, 1.82) is 0 Å². The summed E-state index contributed by atoms with van der Waals surface area (Å²) in [7, 11) is 3.47. The van der Waals surface area contributed by atoms with Gasteiger partial charge in [0, 0.05) is 50.1 Å². The Hall–Kier alpha value is -1.75. The number of ether oxygens (including phenoxy) is 1. The van der Waals surface area contributed by atoms with Gasteiger partial charge in [-0.1, -0.05) is 30.6 Å². The number of nitrogens with one attached hydrogen (secondary N) is 2. The molecule has 0 aliphatic carbocycles. The first-order valence-corrected chi connectivity index (χ1v) is 10.8. The van der Waals surface area contributed by atoms with Crippen molar-refractivity contribution in [1.82, 2.24) is 20.8 Å². The summed E-state index contributed by atoms with van der Waals surface area (Å²) in [5.41, 5.74) is 1.03. The van der Waals surface area contributed by atoms with Crippen molar-refractivity contribution in [3.05, 3.63) is 34.9 Å². The number of nitrogens with zero attached hydrogens (tertiary/aromatic N) is 4. The Morgan fingerprint density at radius 3 is 2.90 bits per heavy atom. The maximum absolute atomic E-state index is 6.19. The molecule has 1 aliphatic heterocycles. The van der Waals surface area contributed by atoms with Gasteiger partial charge in [0.2, 0.25) is 5.89 Å². The molecule has 1 atom stereocenters. The standard InChI is InChI=1S/C21H31ClN6O2.HI/c1-14(2)20-26-19(30-27-20)6-5-10-24-21(23-3)25-16-9-11-28(13-16)17-12-15(22)7-8-18(17)29-4;/h7-8,12,14,16H,5-6,9-11,13H2,1-4H3,(H2,23,24,25);1H.